The van der Waals surface area contributed by atoms with Crippen molar-refractivity contribution in [2.24, 2.45) is 0 Å². The first-order valence-corrected chi connectivity index (χ1v) is 6.47. The maximum absolute atomic E-state index is 13.8. The van der Waals surface area contributed by atoms with Gasteiger partial charge >= 0.3 is 6.18 Å². The minimum absolute atomic E-state index is 0.609. The summed E-state index contributed by atoms with van der Waals surface area (Å²) in [6.45, 7) is 0. The Hall–Kier alpha value is -2.78. The van der Waals surface area contributed by atoms with Crippen LogP contribution in [0.4, 0.5) is 36.4 Å². The summed E-state index contributed by atoms with van der Waals surface area (Å²) < 4.78 is 97.6. The van der Waals surface area contributed by atoms with Gasteiger partial charge in [-0.05, 0) is 12.1 Å². The molecule has 1 N–H and O–H groups in total. The Morgan fingerprint density at radius 1 is 0.960 bits per heavy atom. The molecule has 25 heavy (non-hydrogen) atoms. The number of anilines is 1. The van der Waals surface area contributed by atoms with Crippen molar-refractivity contribution in [2.75, 3.05) is 12.4 Å². The number of amides is 1. The number of benzene rings is 2. The average Bonchev–Trinajstić information content (AvgIpc) is 2.53. The molecule has 2 aromatic rings. The molecule has 0 aromatic heterocycles. The first-order chi connectivity index (χ1) is 11.6. The molecule has 1 amide bonds. The Bertz CT molecular complexity index is 804. The van der Waals surface area contributed by atoms with Crippen LogP contribution in [0.25, 0.3) is 0 Å². The van der Waals surface area contributed by atoms with Gasteiger partial charge in [0.15, 0.2) is 17.4 Å². The molecule has 0 aliphatic heterocycles. The van der Waals surface area contributed by atoms with E-state index in [1.165, 1.54) is 0 Å². The average molecular weight is 367 g/mol. The fourth-order valence-corrected chi connectivity index (χ4v) is 2.01. The zero-order valence-corrected chi connectivity index (χ0v) is 12.3. The lowest BCUT2D eigenvalue weighted by atomic mass is 10.1. The normalized spacial score (nSPS) is 11.4. The van der Waals surface area contributed by atoms with E-state index in [-0.39, 0.29) is 0 Å². The van der Waals surface area contributed by atoms with Gasteiger partial charge < -0.3 is 10.1 Å². The Morgan fingerprint density at radius 3 is 1.96 bits per heavy atom. The van der Waals surface area contributed by atoms with E-state index in [2.05, 4.69) is 4.74 Å². The molecule has 0 unspecified atom stereocenters. The Morgan fingerprint density at radius 2 is 1.48 bits per heavy atom. The smallest absolute Gasteiger partial charge is 0.418 e. The molecule has 0 aliphatic carbocycles. The highest BCUT2D eigenvalue weighted by Crippen LogP contribution is 2.35. The van der Waals surface area contributed by atoms with E-state index in [0.717, 1.165) is 25.3 Å². The molecule has 0 heterocycles. The summed E-state index contributed by atoms with van der Waals surface area (Å²) in [5, 5.41) is 1.59. The van der Waals surface area contributed by atoms with E-state index in [1.54, 1.807) is 5.32 Å². The van der Waals surface area contributed by atoms with Crippen molar-refractivity contribution in [1.82, 2.24) is 0 Å². The first-order valence-electron chi connectivity index (χ1n) is 6.47. The highest BCUT2D eigenvalue weighted by Gasteiger charge is 2.35. The minimum Gasteiger partial charge on any atom is -0.491 e. The number of methoxy groups -OCH3 is 1. The molecule has 10 heteroatoms. The molecule has 3 nitrogen and oxygen atoms in total. The van der Waals surface area contributed by atoms with Gasteiger partial charge in [0, 0.05) is 0 Å². The van der Waals surface area contributed by atoms with Gasteiger partial charge in [-0.25, -0.2) is 8.78 Å². The third-order valence-electron chi connectivity index (χ3n) is 3.13. The number of halogens is 7. The quantitative estimate of drug-likeness (QED) is 0.640. The third kappa shape index (κ3) is 3.37. The topological polar surface area (TPSA) is 38.3 Å². The summed E-state index contributed by atoms with van der Waals surface area (Å²) in [4.78, 5) is 11.9. The van der Waals surface area contributed by atoms with E-state index in [4.69, 9.17) is 0 Å². The first kappa shape index (κ1) is 18.6. The van der Waals surface area contributed by atoms with E-state index >= 15 is 0 Å². The van der Waals surface area contributed by atoms with Crippen LogP contribution >= 0.6 is 0 Å². The molecule has 0 saturated heterocycles. The van der Waals surface area contributed by atoms with Crippen LogP contribution in [0.2, 0.25) is 0 Å². The van der Waals surface area contributed by atoms with Crippen molar-refractivity contribution < 1.29 is 40.3 Å². The zero-order valence-electron chi connectivity index (χ0n) is 12.3. The van der Waals surface area contributed by atoms with Crippen LogP contribution in [0, 0.1) is 23.3 Å². The molecule has 0 radical (unpaired) electrons. The van der Waals surface area contributed by atoms with Gasteiger partial charge in [-0.15, -0.1) is 0 Å². The standard InChI is InChI=1S/C15H8F7NO2/c1-25-13-11(18)9(16)8(10(17)12(13)19)14(24)23-7-5-3-2-4-6(7)15(20,21)22/h2-5H,1H3,(H,23,24). The van der Waals surface area contributed by atoms with Crippen molar-refractivity contribution in [3.05, 3.63) is 58.7 Å². The minimum atomic E-state index is -4.88. The van der Waals surface area contributed by atoms with Gasteiger partial charge in [0.25, 0.3) is 5.91 Å². The Balaban J connectivity index is 2.52. The van der Waals surface area contributed by atoms with Gasteiger partial charge in [-0.1, -0.05) is 12.1 Å². The lowest BCUT2D eigenvalue weighted by Gasteiger charge is -2.15. The van der Waals surface area contributed by atoms with Crippen LogP contribution in [0.1, 0.15) is 15.9 Å². The summed E-state index contributed by atoms with van der Waals surface area (Å²) >= 11 is 0. The van der Waals surface area contributed by atoms with Crippen LogP contribution in [0.15, 0.2) is 24.3 Å². The van der Waals surface area contributed by atoms with Crippen molar-refractivity contribution in [3.8, 4) is 5.75 Å². The Labute approximate surface area is 136 Å². The SMILES string of the molecule is COc1c(F)c(F)c(C(=O)Nc2ccccc2C(F)(F)F)c(F)c1F. The number of alkyl halides is 3. The lowest BCUT2D eigenvalue weighted by molar-refractivity contribution is -0.136. The highest BCUT2D eigenvalue weighted by atomic mass is 19.4. The summed E-state index contributed by atoms with van der Waals surface area (Å²) in [5.41, 5.74) is -3.86. The maximum atomic E-state index is 13.8. The molecule has 0 fully saturated rings. The zero-order chi connectivity index (χ0) is 18.9. The molecule has 0 saturated carbocycles. The van der Waals surface area contributed by atoms with Gasteiger partial charge in [-0.2, -0.15) is 22.0 Å². The number of hydrogen-bond acceptors (Lipinski definition) is 2. The second-order valence-corrected chi connectivity index (χ2v) is 4.66. The lowest BCUT2D eigenvalue weighted by Crippen LogP contribution is -2.21. The van der Waals surface area contributed by atoms with Crippen LogP contribution in [0.3, 0.4) is 0 Å². The second-order valence-electron chi connectivity index (χ2n) is 4.66. The van der Waals surface area contributed by atoms with Crippen molar-refractivity contribution in [1.29, 1.82) is 0 Å². The predicted molar refractivity (Wildman–Crippen MR) is 72.2 cm³/mol. The summed E-state index contributed by atoms with van der Waals surface area (Å²) in [6, 6.07) is 3.56. The fraction of sp³-hybridized carbons (Fsp3) is 0.133. The number of carbonyl (C=O) groups is 1. The highest BCUT2D eigenvalue weighted by molar-refractivity contribution is 6.05. The van der Waals surface area contributed by atoms with E-state index in [9.17, 15) is 35.5 Å². The molecule has 0 atom stereocenters. The third-order valence-corrected chi connectivity index (χ3v) is 3.13. The number of hydrogen-bond donors (Lipinski definition) is 1. The van der Waals surface area contributed by atoms with Gasteiger partial charge in [0.2, 0.25) is 11.6 Å². The fourth-order valence-electron chi connectivity index (χ4n) is 2.01. The monoisotopic (exact) mass is 367 g/mol. The van der Waals surface area contributed by atoms with E-state index in [1.807, 2.05) is 0 Å². The number of para-hydroxylation sites is 1. The molecule has 0 aliphatic rings. The number of carbonyl (C=O) groups excluding carboxylic acids is 1. The molecule has 0 bridgehead atoms. The van der Waals surface area contributed by atoms with E-state index < -0.39 is 57.9 Å². The van der Waals surface area contributed by atoms with Crippen molar-refractivity contribution >= 4 is 11.6 Å². The maximum Gasteiger partial charge on any atom is 0.418 e. The number of rotatable bonds is 3. The molecule has 0 spiro atoms. The van der Waals surface area contributed by atoms with Crippen LogP contribution in [-0.4, -0.2) is 13.0 Å². The van der Waals surface area contributed by atoms with Crippen molar-refractivity contribution in [3.63, 3.8) is 0 Å². The number of nitrogens with one attached hydrogen (secondary N) is 1. The largest absolute Gasteiger partial charge is 0.491 e. The molecular formula is C15H8F7NO2. The van der Waals surface area contributed by atoms with Crippen LogP contribution < -0.4 is 10.1 Å². The van der Waals surface area contributed by atoms with Gasteiger partial charge in [0.1, 0.15) is 5.56 Å². The van der Waals surface area contributed by atoms with E-state index in [0.29, 0.717) is 6.07 Å². The molecular weight excluding hydrogens is 359 g/mol. The van der Waals surface area contributed by atoms with Crippen LogP contribution in [-0.2, 0) is 6.18 Å². The van der Waals surface area contributed by atoms with Gasteiger partial charge in [0.05, 0.1) is 18.4 Å². The summed E-state index contributed by atoms with van der Waals surface area (Å²) in [7, 11) is 0.736. The summed E-state index contributed by atoms with van der Waals surface area (Å²) in [5.74, 6) is -11.4. The second kappa shape index (κ2) is 6.61. The van der Waals surface area contributed by atoms with Crippen LogP contribution in [0.5, 0.6) is 5.75 Å². The molecule has 134 valence electrons. The Kier molecular flexibility index (Phi) is 4.91. The van der Waals surface area contributed by atoms with Gasteiger partial charge in [-0.3, -0.25) is 4.79 Å². The molecule has 2 rings (SSSR count). The summed E-state index contributed by atoms with van der Waals surface area (Å²) in [6.07, 6.45) is -4.88. The van der Waals surface area contributed by atoms with Crippen molar-refractivity contribution in [2.45, 2.75) is 6.18 Å². The number of ether oxygens (including phenoxy) is 1. The molecule has 2 aromatic carbocycles. The predicted octanol–water partition coefficient (Wildman–Crippen LogP) is 4.52.